The third kappa shape index (κ3) is 4.37. The van der Waals surface area contributed by atoms with E-state index in [0.717, 1.165) is 26.0 Å². The highest BCUT2D eigenvalue weighted by Gasteiger charge is 2.70. The summed E-state index contributed by atoms with van der Waals surface area (Å²) >= 11 is 1.47. The Labute approximate surface area is 221 Å². The van der Waals surface area contributed by atoms with Gasteiger partial charge in [-0.25, -0.2) is 13.4 Å². The summed E-state index contributed by atoms with van der Waals surface area (Å²) in [6, 6.07) is 6.68. The first-order valence-electron chi connectivity index (χ1n) is 12.1. The number of nitrogens with zero attached hydrogens (tertiary/aromatic N) is 3. The molecule has 3 fully saturated rings. The fourth-order valence-corrected chi connectivity index (χ4v) is 7.63. The van der Waals surface area contributed by atoms with Crippen molar-refractivity contribution in [3.05, 3.63) is 35.0 Å². The molecule has 1 saturated heterocycles. The third-order valence-corrected chi connectivity index (χ3v) is 10.9. The summed E-state index contributed by atoms with van der Waals surface area (Å²) in [5.41, 5.74) is -2.12. The summed E-state index contributed by atoms with van der Waals surface area (Å²) in [6.07, 6.45) is -5.21. The summed E-state index contributed by atoms with van der Waals surface area (Å²) < 4.78 is 68.4. The number of aromatic nitrogens is 1. The number of carbonyl (C=O) groups is 2. The molecule has 2 aromatic rings. The molecule has 3 aliphatic rings. The van der Waals surface area contributed by atoms with E-state index >= 15 is 0 Å². The topological polar surface area (TPSA) is 120 Å². The Morgan fingerprint density at radius 2 is 1.79 bits per heavy atom. The van der Waals surface area contributed by atoms with E-state index in [9.17, 15) is 36.4 Å². The van der Waals surface area contributed by atoms with Crippen LogP contribution in [0, 0.1) is 30.6 Å². The van der Waals surface area contributed by atoms with Crippen LogP contribution >= 0.6 is 11.3 Å². The number of nitriles is 1. The molecule has 0 bridgehead atoms. The van der Waals surface area contributed by atoms with Gasteiger partial charge >= 0.3 is 6.18 Å². The summed E-state index contributed by atoms with van der Waals surface area (Å²) in [7, 11) is -4.10. The summed E-state index contributed by atoms with van der Waals surface area (Å²) in [5.74, 6) is -2.09. The number of amides is 2. The summed E-state index contributed by atoms with van der Waals surface area (Å²) in [4.78, 5) is 32.2. The maximum absolute atomic E-state index is 13.8. The van der Waals surface area contributed by atoms with Gasteiger partial charge in [-0.05, 0) is 63.6 Å². The van der Waals surface area contributed by atoms with Crippen molar-refractivity contribution >= 4 is 33.0 Å². The first kappa shape index (κ1) is 26.6. The van der Waals surface area contributed by atoms with E-state index in [1.165, 1.54) is 23.5 Å². The molecular weight excluding hydrogens is 541 g/mol. The smallest absolute Gasteiger partial charge is 0.336 e. The number of hydrogen-bond donors (Lipinski definition) is 1. The maximum atomic E-state index is 13.8. The first-order chi connectivity index (χ1) is 17.7. The molecule has 2 amide bonds. The number of hydrogen-bond acceptors (Lipinski definition) is 7. The van der Waals surface area contributed by atoms with E-state index in [1.54, 1.807) is 12.1 Å². The zero-order valence-corrected chi connectivity index (χ0v) is 22.3. The second-order valence-corrected chi connectivity index (χ2v) is 13.7. The lowest BCUT2D eigenvalue weighted by molar-refractivity contribution is -0.199. The first-order valence-corrected chi connectivity index (χ1v) is 14.5. The van der Waals surface area contributed by atoms with Crippen LogP contribution in [0.4, 0.5) is 13.2 Å². The van der Waals surface area contributed by atoms with E-state index in [0.29, 0.717) is 12.8 Å². The molecule has 38 heavy (non-hydrogen) atoms. The van der Waals surface area contributed by atoms with Crippen molar-refractivity contribution in [2.75, 3.05) is 6.54 Å². The number of aryl methyl sites for hydroxylation is 2. The zero-order valence-electron chi connectivity index (χ0n) is 20.6. The number of carbonyl (C=O) groups excluding carboxylic acids is 2. The minimum Gasteiger partial charge on any atom is -0.336 e. The minimum absolute atomic E-state index is 0.0498. The molecule has 202 valence electrons. The number of alkyl halides is 3. The van der Waals surface area contributed by atoms with Crippen molar-refractivity contribution in [1.82, 2.24) is 15.2 Å². The highest BCUT2D eigenvalue weighted by molar-refractivity contribution is 7.92. The molecule has 1 aliphatic heterocycles. The van der Waals surface area contributed by atoms with E-state index in [1.807, 2.05) is 19.9 Å². The molecule has 0 radical (unpaired) electrons. The van der Waals surface area contributed by atoms with E-state index in [4.69, 9.17) is 0 Å². The SMILES string of the molecule is Cc1nc(C)c(-c2ccc(S(=O)(=O)C3CC(C(=O)NC4(C#N)CC4)N(C(=O)C4(C(F)(F)F)CC4)C3)cc2)s1. The quantitative estimate of drug-likeness (QED) is 0.570. The van der Waals surface area contributed by atoms with Gasteiger partial charge in [-0.1, -0.05) is 12.1 Å². The van der Waals surface area contributed by atoms with Gasteiger partial charge in [0.25, 0.3) is 0 Å². The molecule has 0 spiro atoms. The second-order valence-electron chi connectivity index (χ2n) is 10.3. The summed E-state index contributed by atoms with van der Waals surface area (Å²) in [5, 5.41) is 11.4. The Morgan fingerprint density at radius 1 is 1.16 bits per heavy atom. The van der Waals surface area contributed by atoms with Gasteiger partial charge in [0.2, 0.25) is 11.8 Å². The van der Waals surface area contributed by atoms with E-state index < -0.39 is 69.5 Å². The Kier molecular flexibility index (Phi) is 6.15. The normalized spacial score (nSPS) is 23.5. The van der Waals surface area contributed by atoms with Gasteiger partial charge in [0, 0.05) is 6.54 Å². The molecule has 1 aromatic heterocycles. The fraction of sp³-hybridized carbons (Fsp3) is 0.520. The second kappa shape index (κ2) is 8.77. The van der Waals surface area contributed by atoms with Crippen LogP contribution in [0.15, 0.2) is 29.2 Å². The van der Waals surface area contributed by atoms with Crippen LogP contribution in [0.5, 0.6) is 0 Å². The minimum atomic E-state index is -4.81. The lowest BCUT2D eigenvalue weighted by Crippen LogP contribution is -2.53. The molecule has 1 aromatic carbocycles. The molecule has 2 unspecified atom stereocenters. The Hall–Kier alpha value is -2.98. The van der Waals surface area contributed by atoms with Crippen LogP contribution < -0.4 is 5.32 Å². The largest absolute Gasteiger partial charge is 0.403 e. The van der Waals surface area contributed by atoms with Crippen LogP contribution in [0.3, 0.4) is 0 Å². The monoisotopic (exact) mass is 566 g/mol. The van der Waals surface area contributed by atoms with Gasteiger partial charge < -0.3 is 10.2 Å². The lowest BCUT2D eigenvalue weighted by Gasteiger charge is -2.29. The molecule has 13 heteroatoms. The predicted molar refractivity (Wildman–Crippen MR) is 132 cm³/mol. The third-order valence-electron chi connectivity index (χ3n) is 7.64. The van der Waals surface area contributed by atoms with Crippen molar-refractivity contribution in [3.63, 3.8) is 0 Å². The Bertz CT molecular complexity index is 1450. The lowest BCUT2D eigenvalue weighted by atomic mass is 10.0. The van der Waals surface area contributed by atoms with Crippen molar-refractivity contribution in [3.8, 4) is 16.5 Å². The van der Waals surface area contributed by atoms with Crippen LogP contribution in [0.25, 0.3) is 10.4 Å². The Balaban J connectivity index is 1.43. The van der Waals surface area contributed by atoms with E-state index in [-0.39, 0.29) is 11.3 Å². The molecule has 5 rings (SSSR count). The highest BCUT2D eigenvalue weighted by Crippen LogP contribution is 2.59. The van der Waals surface area contributed by atoms with Crippen LogP contribution in [-0.2, 0) is 19.4 Å². The standard InChI is InChI=1S/C25H25F3N4O4S2/c1-14-20(37-15(2)30-14)16-3-5-17(6-4-16)38(35,36)18-11-19(21(33)31-23(13-29)7-8-23)32(12-18)22(34)24(9-10-24)25(26,27)28/h3-6,18-19H,7-12H2,1-2H3,(H,31,33). The number of rotatable bonds is 6. The van der Waals surface area contributed by atoms with Gasteiger partial charge in [0.1, 0.15) is 17.0 Å². The van der Waals surface area contributed by atoms with Crippen molar-refractivity contribution in [1.29, 1.82) is 5.26 Å². The van der Waals surface area contributed by atoms with Crippen molar-refractivity contribution in [2.45, 2.75) is 73.9 Å². The molecule has 8 nitrogen and oxygen atoms in total. The molecule has 1 N–H and O–H groups in total. The van der Waals surface area contributed by atoms with Crippen LogP contribution in [0.1, 0.15) is 42.8 Å². The zero-order chi connectivity index (χ0) is 27.7. The summed E-state index contributed by atoms with van der Waals surface area (Å²) in [6.45, 7) is 3.18. The molecule has 2 saturated carbocycles. The Morgan fingerprint density at radius 3 is 2.26 bits per heavy atom. The van der Waals surface area contributed by atoms with Crippen molar-refractivity contribution < 1.29 is 31.2 Å². The van der Waals surface area contributed by atoms with Gasteiger partial charge in [-0.2, -0.15) is 18.4 Å². The van der Waals surface area contributed by atoms with Gasteiger partial charge in [0.05, 0.1) is 31.8 Å². The number of likely N-dealkylation sites (tertiary alicyclic amines) is 1. The number of sulfone groups is 1. The average Bonchev–Trinajstić information content (AvgIpc) is 3.75. The average molecular weight is 567 g/mol. The van der Waals surface area contributed by atoms with Crippen LogP contribution in [0.2, 0.25) is 0 Å². The number of nitrogens with one attached hydrogen (secondary N) is 1. The molecule has 2 heterocycles. The molecule has 2 atom stereocenters. The number of halogens is 3. The number of benzene rings is 1. The predicted octanol–water partition coefficient (Wildman–Crippen LogP) is 3.69. The van der Waals surface area contributed by atoms with E-state index in [2.05, 4.69) is 10.3 Å². The van der Waals surface area contributed by atoms with Gasteiger partial charge in [-0.15, -0.1) is 11.3 Å². The van der Waals surface area contributed by atoms with Gasteiger partial charge in [-0.3, -0.25) is 9.59 Å². The number of thiazole rings is 1. The van der Waals surface area contributed by atoms with Crippen molar-refractivity contribution in [2.24, 2.45) is 5.41 Å². The highest BCUT2D eigenvalue weighted by atomic mass is 32.2. The molecule has 2 aliphatic carbocycles. The molecular formula is C25H25F3N4O4S2. The fourth-order valence-electron chi connectivity index (χ4n) is 5.01. The van der Waals surface area contributed by atoms with Crippen LogP contribution in [-0.4, -0.2) is 59.7 Å². The maximum Gasteiger partial charge on any atom is 0.403 e. The van der Waals surface area contributed by atoms with Gasteiger partial charge in [0.15, 0.2) is 9.84 Å².